The van der Waals surface area contributed by atoms with Crippen molar-refractivity contribution in [3.8, 4) is 0 Å². The topological polar surface area (TPSA) is 86.7 Å². The van der Waals surface area contributed by atoms with Gasteiger partial charge in [-0.2, -0.15) is 12.6 Å². The summed E-state index contributed by atoms with van der Waals surface area (Å²) in [6, 6.07) is 13.5. The van der Waals surface area contributed by atoms with Gasteiger partial charge in [-0.15, -0.1) is 0 Å². The van der Waals surface area contributed by atoms with Crippen LogP contribution in [0, 0.1) is 0 Å². The van der Waals surface area contributed by atoms with Gasteiger partial charge in [0.15, 0.2) is 0 Å². The molecule has 150 valence electrons. The van der Waals surface area contributed by atoms with E-state index in [1.165, 1.54) is 4.90 Å². The first-order valence-corrected chi connectivity index (χ1v) is 10.2. The summed E-state index contributed by atoms with van der Waals surface area (Å²) >= 11 is 4.42. The van der Waals surface area contributed by atoms with Crippen molar-refractivity contribution in [2.75, 3.05) is 4.90 Å². The van der Waals surface area contributed by atoms with Crippen molar-refractivity contribution in [1.82, 2.24) is 5.32 Å². The molecule has 2 amide bonds. The molecule has 2 aromatic carbocycles. The molecular formula is C22H22N2O4S. The fourth-order valence-corrected chi connectivity index (χ4v) is 4.45. The van der Waals surface area contributed by atoms with E-state index in [9.17, 15) is 19.5 Å². The number of carboxylic acid groups (broad SMARTS) is 1. The molecule has 4 rings (SSSR count). The summed E-state index contributed by atoms with van der Waals surface area (Å²) in [6.45, 7) is 0. The molecule has 0 radical (unpaired) electrons. The molecule has 3 atom stereocenters. The van der Waals surface area contributed by atoms with Crippen molar-refractivity contribution in [3.63, 3.8) is 0 Å². The van der Waals surface area contributed by atoms with Gasteiger partial charge in [-0.25, -0.2) is 4.79 Å². The molecule has 2 aliphatic rings. The summed E-state index contributed by atoms with van der Waals surface area (Å²) in [4.78, 5) is 39.1. The molecule has 0 saturated heterocycles. The molecule has 0 bridgehead atoms. The molecule has 0 unspecified atom stereocenters. The number of nitrogens with zero attached hydrogens (tertiary/aromatic N) is 1. The van der Waals surface area contributed by atoms with E-state index in [0.29, 0.717) is 24.9 Å². The number of anilines is 1. The summed E-state index contributed by atoms with van der Waals surface area (Å²) in [5.41, 5.74) is 3.50. The Labute approximate surface area is 174 Å². The molecule has 0 spiro atoms. The highest BCUT2D eigenvalue weighted by Gasteiger charge is 2.44. The maximum Gasteiger partial charge on any atom is 0.327 e. The first-order valence-electron chi connectivity index (χ1n) is 9.64. The minimum Gasteiger partial charge on any atom is -0.480 e. The van der Waals surface area contributed by atoms with Gasteiger partial charge in [-0.05, 0) is 36.0 Å². The lowest BCUT2D eigenvalue weighted by Crippen LogP contribution is -2.53. The summed E-state index contributed by atoms with van der Waals surface area (Å²) in [6.07, 6.45) is 1.75. The largest absolute Gasteiger partial charge is 0.480 e. The number of aryl methyl sites for hydroxylation is 1. The molecule has 29 heavy (non-hydrogen) atoms. The second-order valence-electron chi connectivity index (χ2n) is 7.50. The highest BCUT2D eigenvalue weighted by atomic mass is 32.1. The standard InChI is InChI=1S/C22H22N2O4S/c25-20(18(29)11-13-5-2-1-3-6-13)23-16-10-9-14-7-4-8-15-12-17(22(27)28)24(19(14)15)21(16)26/h1-8,16-18,29H,9-12H2,(H,23,25)(H,27,28)/t16-,17-,18-/m0/s1. The highest BCUT2D eigenvalue weighted by molar-refractivity contribution is 7.81. The molecule has 2 heterocycles. The summed E-state index contributed by atoms with van der Waals surface area (Å²) < 4.78 is 0. The van der Waals surface area contributed by atoms with Gasteiger partial charge < -0.3 is 10.4 Å². The van der Waals surface area contributed by atoms with E-state index in [-0.39, 0.29) is 18.2 Å². The van der Waals surface area contributed by atoms with Gasteiger partial charge in [-0.3, -0.25) is 14.5 Å². The molecule has 0 aromatic heterocycles. The van der Waals surface area contributed by atoms with Crippen LogP contribution in [0.25, 0.3) is 0 Å². The van der Waals surface area contributed by atoms with Gasteiger partial charge in [0.05, 0.1) is 10.9 Å². The number of hydrogen-bond donors (Lipinski definition) is 3. The minimum atomic E-state index is -1.04. The number of carbonyl (C=O) groups is 3. The minimum absolute atomic E-state index is 0.286. The number of aliphatic carboxylic acids is 1. The van der Waals surface area contributed by atoms with E-state index in [4.69, 9.17) is 0 Å². The number of hydrogen-bond acceptors (Lipinski definition) is 4. The molecule has 0 fully saturated rings. The number of thiol groups is 1. The van der Waals surface area contributed by atoms with Crippen LogP contribution in [0.2, 0.25) is 0 Å². The Bertz CT molecular complexity index is 963. The third-order valence-corrected chi connectivity index (χ3v) is 6.00. The van der Waals surface area contributed by atoms with E-state index in [0.717, 1.165) is 16.7 Å². The predicted molar refractivity (Wildman–Crippen MR) is 112 cm³/mol. The number of amides is 2. The zero-order chi connectivity index (χ0) is 20.5. The summed E-state index contributed by atoms with van der Waals surface area (Å²) in [7, 11) is 0. The Morgan fingerprint density at radius 3 is 2.59 bits per heavy atom. The van der Waals surface area contributed by atoms with Crippen LogP contribution in [0.3, 0.4) is 0 Å². The lowest BCUT2D eigenvalue weighted by atomic mass is 10.0. The Kier molecular flexibility index (Phi) is 5.32. The van der Waals surface area contributed by atoms with Crippen LogP contribution >= 0.6 is 12.6 Å². The number of benzene rings is 2. The van der Waals surface area contributed by atoms with Gasteiger partial charge in [0.2, 0.25) is 11.8 Å². The van der Waals surface area contributed by atoms with Gasteiger partial charge in [-0.1, -0.05) is 48.5 Å². The predicted octanol–water partition coefficient (Wildman–Crippen LogP) is 2.00. The molecular weight excluding hydrogens is 388 g/mol. The Hall–Kier alpha value is -2.80. The molecule has 0 aliphatic carbocycles. The van der Waals surface area contributed by atoms with Crippen molar-refractivity contribution in [3.05, 3.63) is 65.2 Å². The second kappa shape index (κ2) is 7.91. The monoisotopic (exact) mass is 410 g/mol. The first kappa shape index (κ1) is 19.5. The molecule has 0 saturated carbocycles. The fourth-order valence-electron chi connectivity index (χ4n) is 4.16. The SMILES string of the molecule is O=C(N[C@H]1CCc2cccc3c2N(C1=O)[C@H](C(=O)O)C3)[C@@H](S)Cc1ccccc1. The van der Waals surface area contributed by atoms with Gasteiger partial charge in [0, 0.05) is 6.42 Å². The fraction of sp³-hybridized carbons (Fsp3) is 0.318. The number of nitrogens with one attached hydrogen (secondary N) is 1. The molecule has 2 N–H and O–H groups in total. The maximum absolute atomic E-state index is 13.2. The first-order chi connectivity index (χ1) is 14.0. The van der Waals surface area contributed by atoms with Crippen molar-refractivity contribution in [2.45, 2.75) is 43.0 Å². The lowest BCUT2D eigenvalue weighted by molar-refractivity contribution is -0.140. The molecule has 2 aromatic rings. The van der Waals surface area contributed by atoms with Gasteiger partial charge >= 0.3 is 5.97 Å². The third-order valence-electron chi connectivity index (χ3n) is 5.58. The molecule has 7 heteroatoms. The maximum atomic E-state index is 13.2. The summed E-state index contributed by atoms with van der Waals surface area (Å²) in [5.74, 6) is -1.73. The Morgan fingerprint density at radius 2 is 1.86 bits per heavy atom. The number of para-hydroxylation sites is 1. The van der Waals surface area contributed by atoms with E-state index >= 15 is 0 Å². The van der Waals surface area contributed by atoms with Crippen molar-refractivity contribution in [1.29, 1.82) is 0 Å². The van der Waals surface area contributed by atoms with Gasteiger partial charge in [0.1, 0.15) is 12.1 Å². The Balaban J connectivity index is 1.53. The van der Waals surface area contributed by atoms with Crippen LogP contribution in [0.5, 0.6) is 0 Å². The average Bonchev–Trinajstić information content (AvgIpc) is 3.05. The molecule has 2 aliphatic heterocycles. The van der Waals surface area contributed by atoms with Crippen LogP contribution < -0.4 is 10.2 Å². The van der Waals surface area contributed by atoms with Crippen LogP contribution in [0.15, 0.2) is 48.5 Å². The number of carboxylic acids is 1. The van der Waals surface area contributed by atoms with Crippen LogP contribution in [0.1, 0.15) is 23.1 Å². The number of rotatable bonds is 5. The normalized spacial score (nSPS) is 21.3. The van der Waals surface area contributed by atoms with Crippen molar-refractivity contribution >= 4 is 36.1 Å². The zero-order valence-corrected chi connectivity index (χ0v) is 16.6. The lowest BCUT2D eigenvalue weighted by Gasteiger charge is -2.26. The van der Waals surface area contributed by atoms with Crippen LogP contribution in [0.4, 0.5) is 5.69 Å². The van der Waals surface area contributed by atoms with E-state index in [1.807, 2.05) is 48.5 Å². The van der Waals surface area contributed by atoms with E-state index in [1.54, 1.807) is 0 Å². The zero-order valence-electron chi connectivity index (χ0n) is 15.7. The quantitative estimate of drug-likeness (QED) is 0.658. The highest BCUT2D eigenvalue weighted by Crippen LogP contribution is 2.39. The van der Waals surface area contributed by atoms with Crippen LogP contribution in [-0.2, 0) is 33.6 Å². The summed E-state index contributed by atoms with van der Waals surface area (Å²) in [5, 5.41) is 11.9. The molecule has 6 nitrogen and oxygen atoms in total. The number of carbonyl (C=O) groups excluding carboxylic acids is 2. The Morgan fingerprint density at radius 1 is 1.14 bits per heavy atom. The second-order valence-corrected chi connectivity index (χ2v) is 8.12. The van der Waals surface area contributed by atoms with Crippen molar-refractivity contribution in [2.24, 2.45) is 0 Å². The average molecular weight is 410 g/mol. The van der Waals surface area contributed by atoms with Gasteiger partial charge in [0.25, 0.3) is 0 Å². The third kappa shape index (κ3) is 3.74. The van der Waals surface area contributed by atoms with E-state index in [2.05, 4.69) is 17.9 Å². The van der Waals surface area contributed by atoms with Crippen LogP contribution in [-0.4, -0.2) is 40.2 Å². The van der Waals surface area contributed by atoms with E-state index < -0.39 is 23.3 Å². The smallest absolute Gasteiger partial charge is 0.327 e. The van der Waals surface area contributed by atoms with Crippen molar-refractivity contribution < 1.29 is 19.5 Å².